The molecule has 0 heterocycles. The maximum Gasteiger partial charge on any atom is 0.257 e. The van der Waals surface area contributed by atoms with Crippen LogP contribution >= 0.6 is 0 Å². The number of carbonyl (C=O) groups excluding carboxylic acids is 1. The summed E-state index contributed by atoms with van der Waals surface area (Å²) < 4.78 is 10.6. The molecule has 0 aliphatic carbocycles. The fourth-order valence-electron chi connectivity index (χ4n) is 2.15. The van der Waals surface area contributed by atoms with Gasteiger partial charge in [-0.05, 0) is 31.9 Å². The molecule has 0 bridgehead atoms. The molecule has 110 valence electrons. The molecule has 4 nitrogen and oxygen atoms in total. The first-order valence-electron chi connectivity index (χ1n) is 6.77. The minimum absolute atomic E-state index is 0.0219. The molecule has 1 aromatic rings. The molecule has 0 spiro atoms. The van der Waals surface area contributed by atoms with Crippen LogP contribution in [0.15, 0.2) is 24.8 Å². The summed E-state index contributed by atoms with van der Waals surface area (Å²) in [5, 5.41) is 0. The molecule has 0 N–H and O–H groups in total. The predicted octanol–water partition coefficient (Wildman–Crippen LogP) is 2.91. The summed E-state index contributed by atoms with van der Waals surface area (Å²) in [6, 6.07) is 3.60. The van der Waals surface area contributed by atoms with E-state index in [2.05, 4.69) is 6.58 Å². The van der Waals surface area contributed by atoms with E-state index in [1.165, 1.54) is 0 Å². The normalized spacial score (nSPS) is 10.0. The molecule has 0 atom stereocenters. The first-order chi connectivity index (χ1) is 9.62. The Bertz CT molecular complexity index is 479. The predicted molar refractivity (Wildman–Crippen MR) is 80.7 cm³/mol. The molecule has 0 fully saturated rings. The molecule has 0 aliphatic heterocycles. The molecule has 4 heteroatoms. The van der Waals surface area contributed by atoms with E-state index in [4.69, 9.17) is 9.47 Å². The summed E-state index contributed by atoms with van der Waals surface area (Å²) in [6.45, 7) is 9.00. The van der Waals surface area contributed by atoms with Gasteiger partial charge in [-0.3, -0.25) is 4.79 Å². The Labute approximate surface area is 121 Å². The quantitative estimate of drug-likeness (QED) is 0.719. The lowest BCUT2D eigenvalue weighted by Gasteiger charge is -2.22. The molecule has 1 aromatic carbocycles. The Morgan fingerprint density at radius 2 is 1.90 bits per heavy atom. The van der Waals surface area contributed by atoms with Gasteiger partial charge in [0.05, 0.1) is 19.8 Å². The third-order valence-electron chi connectivity index (χ3n) is 3.24. The van der Waals surface area contributed by atoms with Crippen LogP contribution in [0.1, 0.15) is 29.8 Å². The van der Waals surface area contributed by atoms with E-state index in [-0.39, 0.29) is 5.91 Å². The molecule has 0 saturated heterocycles. The first kappa shape index (κ1) is 16.1. The van der Waals surface area contributed by atoms with Gasteiger partial charge in [-0.2, -0.15) is 0 Å². The first-order valence-corrected chi connectivity index (χ1v) is 6.77. The van der Waals surface area contributed by atoms with Crippen molar-refractivity contribution in [2.75, 3.05) is 27.3 Å². The molecular weight excluding hydrogens is 254 g/mol. The van der Waals surface area contributed by atoms with E-state index in [0.29, 0.717) is 36.6 Å². The Balaban J connectivity index is 3.40. The van der Waals surface area contributed by atoms with Crippen molar-refractivity contribution in [1.29, 1.82) is 0 Å². The number of rotatable bonds is 7. The van der Waals surface area contributed by atoms with Gasteiger partial charge in [-0.1, -0.05) is 6.08 Å². The summed E-state index contributed by atoms with van der Waals surface area (Å²) >= 11 is 0. The summed E-state index contributed by atoms with van der Waals surface area (Å²) in [5.74, 6) is 1.19. The van der Waals surface area contributed by atoms with Gasteiger partial charge in [-0.15, -0.1) is 6.58 Å². The van der Waals surface area contributed by atoms with E-state index >= 15 is 0 Å². The highest BCUT2D eigenvalue weighted by molar-refractivity contribution is 5.98. The molecule has 0 aliphatic rings. The van der Waals surface area contributed by atoms with Crippen molar-refractivity contribution in [2.45, 2.75) is 20.3 Å². The largest absolute Gasteiger partial charge is 0.497 e. The summed E-state index contributed by atoms with van der Waals surface area (Å²) in [5.41, 5.74) is 1.46. The molecule has 1 amide bonds. The minimum atomic E-state index is -0.0219. The van der Waals surface area contributed by atoms with Crippen LogP contribution in [0, 0.1) is 0 Å². The van der Waals surface area contributed by atoms with Crippen LogP contribution in [0.4, 0.5) is 0 Å². The Hall–Kier alpha value is -1.97. The number of amides is 1. The highest BCUT2D eigenvalue weighted by Crippen LogP contribution is 2.30. The van der Waals surface area contributed by atoms with Crippen LogP contribution in [-0.4, -0.2) is 38.1 Å². The fourth-order valence-corrected chi connectivity index (χ4v) is 2.15. The zero-order valence-electron chi connectivity index (χ0n) is 12.7. The zero-order valence-corrected chi connectivity index (χ0v) is 12.7. The number of allylic oxidation sites excluding steroid dienone is 1. The standard InChI is InChI=1S/C16H23NO3/c1-6-9-12-10-13(19-4)11-14(20-5)15(12)16(18)17(7-2)8-3/h6,10-11H,1,7-9H2,2-5H3. The van der Waals surface area contributed by atoms with Gasteiger partial charge in [-0.25, -0.2) is 0 Å². The second-order valence-corrected chi connectivity index (χ2v) is 4.33. The number of benzene rings is 1. The average Bonchev–Trinajstić information content (AvgIpc) is 2.47. The van der Waals surface area contributed by atoms with Gasteiger partial charge in [0.25, 0.3) is 5.91 Å². The molecule has 0 saturated carbocycles. The van der Waals surface area contributed by atoms with E-state index in [1.807, 2.05) is 19.9 Å². The maximum absolute atomic E-state index is 12.7. The van der Waals surface area contributed by atoms with Crippen molar-refractivity contribution >= 4 is 5.91 Å². The highest BCUT2D eigenvalue weighted by Gasteiger charge is 2.22. The average molecular weight is 277 g/mol. The molecular formula is C16H23NO3. The third kappa shape index (κ3) is 3.32. The lowest BCUT2D eigenvalue weighted by atomic mass is 10.0. The second kappa shape index (κ2) is 7.58. The van der Waals surface area contributed by atoms with Gasteiger partial charge in [0.2, 0.25) is 0 Å². The Morgan fingerprint density at radius 1 is 1.25 bits per heavy atom. The van der Waals surface area contributed by atoms with Crippen molar-refractivity contribution in [3.8, 4) is 11.5 Å². The van der Waals surface area contributed by atoms with E-state index in [1.54, 1.807) is 31.3 Å². The third-order valence-corrected chi connectivity index (χ3v) is 3.24. The number of ether oxygens (including phenoxy) is 2. The lowest BCUT2D eigenvalue weighted by molar-refractivity contribution is 0.0768. The van der Waals surface area contributed by atoms with Gasteiger partial charge in [0.15, 0.2) is 0 Å². The van der Waals surface area contributed by atoms with Crippen LogP contribution in [0.5, 0.6) is 11.5 Å². The summed E-state index contributed by atoms with van der Waals surface area (Å²) in [4.78, 5) is 14.4. The SMILES string of the molecule is C=CCc1cc(OC)cc(OC)c1C(=O)N(CC)CC. The van der Waals surface area contributed by atoms with Gasteiger partial charge in [0.1, 0.15) is 11.5 Å². The van der Waals surface area contributed by atoms with Crippen LogP contribution in [0.25, 0.3) is 0 Å². The maximum atomic E-state index is 12.7. The van der Waals surface area contributed by atoms with Crippen molar-refractivity contribution in [3.05, 3.63) is 35.9 Å². The van der Waals surface area contributed by atoms with Crippen molar-refractivity contribution in [2.24, 2.45) is 0 Å². The highest BCUT2D eigenvalue weighted by atomic mass is 16.5. The number of methoxy groups -OCH3 is 2. The summed E-state index contributed by atoms with van der Waals surface area (Å²) in [6.07, 6.45) is 2.36. The minimum Gasteiger partial charge on any atom is -0.497 e. The van der Waals surface area contributed by atoms with Crippen LogP contribution < -0.4 is 9.47 Å². The van der Waals surface area contributed by atoms with Gasteiger partial charge in [0, 0.05) is 19.2 Å². The number of hydrogen-bond donors (Lipinski definition) is 0. The van der Waals surface area contributed by atoms with Crippen LogP contribution in [-0.2, 0) is 6.42 Å². The second-order valence-electron chi connectivity index (χ2n) is 4.33. The van der Waals surface area contributed by atoms with E-state index in [0.717, 1.165) is 5.56 Å². The van der Waals surface area contributed by atoms with Crippen LogP contribution in [0.2, 0.25) is 0 Å². The Morgan fingerprint density at radius 3 is 2.35 bits per heavy atom. The fraction of sp³-hybridized carbons (Fsp3) is 0.438. The van der Waals surface area contributed by atoms with Gasteiger partial charge < -0.3 is 14.4 Å². The topological polar surface area (TPSA) is 38.8 Å². The van der Waals surface area contributed by atoms with Crippen molar-refractivity contribution in [3.63, 3.8) is 0 Å². The van der Waals surface area contributed by atoms with Crippen molar-refractivity contribution in [1.82, 2.24) is 4.90 Å². The lowest BCUT2D eigenvalue weighted by Crippen LogP contribution is -2.31. The molecule has 20 heavy (non-hydrogen) atoms. The molecule has 0 unspecified atom stereocenters. The number of hydrogen-bond acceptors (Lipinski definition) is 3. The zero-order chi connectivity index (χ0) is 15.1. The van der Waals surface area contributed by atoms with E-state index in [9.17, 15) is 4.79 Å². The Kier molecular flexibility index (Phi) is 6.10. The molecule has 0 aromatic heterocycles. The van der Waals surface area contributed by atoms with E-state index < -0.39 is 0 Å². The number of nitrogens with zero attached hydrogens (tertiary/aromatic N) is 1. The van der Waals surface area contributed by atoms with Gasteiger partial charge >= 0.3 is 0 Å². The molecule has 0 radical (unpaired) electrons. The van der Waals surface area contributed by atoms with Crippen LogP contribution in [0.3, 0.4) is 0 Å². The molecule has 1 rings (SSSR count). The van der Waals surface area contributed by atoms with Crippen molar-refractivity contribution < 1.29 is 14.3 Å². The summed E-state index contributed by atoms with van der Waals surface area (Å²) in [7, 11) is 3.16. The smallest absolute Gasteiger partial charge is 0.257 e. The monoisotopic (exact) mass is 277 g/mol. The number of carbonyl (C=O) groups is 1.